The summed E-state index contributed by atoms with van der Waals surface area (Å²) < 4.78 is 7.21. The molecule has 128 valence electrons. The van der Waals surface area contributed by atoms with E-state index in [1.807, 2.05) is 72.8 Å². The number of benzene rings is 2. The Morgan fingerprint density at radius 1 is 0.962 bits per heavy atom. The number of furan rings is 1. The number of nitrogens with one attached hydrogen (secondary N) is 1. The van der Waals surface area contributed by atoms with E-state index in [1.165, 1.54) is 0 Å². The normalized spacial score (nSPS) is 11.8. The predicted octanol–water partition coefficient (Wildman–Crippen LogP) is 3.98. The lowest BCUT2D eigenvalue weighted by molar-refractivity contribution is 0.0939. The van der Waals surface area contributed by atoms with Crippen molar-refractivity contribution in [2.75, 3.05) is 0 Å². The van der Waals surface area contributed by atoms with Gasteiger partial charge in [0, 0.05) is 6.20 Å². The Morgan fingerprint density at radius 2 is 1.69 bits per heavy atom. The van der Waals surface area contributed by atoms with E-state index in [0.29, 0.717) is 11.3 Å². The molecule has 4 rings (SSSR count). The molecule has 0 spiro atoms. The van der Waals surface area contributed by atoms with Crippen LogP contribution in [0.25, 0.3) is 5.69 Å². The molecule has 0 saturated heterocycles. The number of carbonyl (C=O) groups is 1. The second-order valence-corrected chi connectivity index (χ2v) is 5.84. The van der Waals surface area contributed by atoms with Gasteiger partial charge in [0.05, 0.1) is 23.7 Å². The first-order valence-electron chi connectivity index (χ1n) is 8.30. The fourth-order valence-electron chi connectivity index (χ4n) is 2.80. The number of nitrogens with zero attached hydrogens (tertiary/aromatic N) is 2. The lowest BCUT2D eigenvalue weighted by Crippen LogP contribution is -2.28. The minimum absolute atomic E-state index is 0.211. The summed E-state index contributed by atoms with van der Waals surface area (Å²) >= 11 is 0. The van der Waals surface area contributed by atoms with Gasteiger partial charge in [0.25, 0.3) is 5.91 Å². The Morgan fingerprint density at radius 3 is 2.38 bits per heavy atom. The third kappa shape index (κ3) is 3.28. The van der Waals surface area contributed by atoms with E-state index >= 15 is 0 Å². The molecule has 5 nitrogen and oxygen atoms in total. The van der Waals surface area contributed by atoms with Crippen molar-refractivity contribution in [1.82, 2.24) is 15.1 Å². The maximum Gasteiger partial charge on any atom is 0.255 e. The second-order valence-electron chi connectivity index (χ2n) is 5.84. The van der Waals surface area contributed by atoms with Crippen molar-refractivity contribution in [2.45, 2.75) is 6.04 Å². The fraction of sp³-hybridized carbons (Fsp3) is 0.0476. The minimum Gasteiger partial charge on any atom is -0.467 e. The first kappa shape index (κ1) is 15.9. The van der Waals surface area contributed by atoms with E-state index in [9.17, 15) is 4.79 Å². The molecule has 5 heteroatoms. The van der Waals surface area contributed by atoms with Crippen molar-refractivity contribution in [3.8, 4) is 5.69 Å². The highest BCUT2D eigenvalue weighted by Gasteiger charge is 2.21. The zero-order valence-corrected chi connectivity index (χ0v) is 13.9. The zero-order chi connectivity index (χ0) is 17.8. The van der Waals surface area contributed by atoms with E-state index in [-0.39, 0.29) is 11.9 Å². The molecule has 0 saturated carbocycles. The van der Waals surface area contributed by atoms with Crippen LogP contribution in [0.5, 0.6) is 0 Å². The van der Waals surface area contributed by atoms with Gasteiger partial charge in [0.1, 0.15) is 11.8 Å². The van der Waals surface area contributed by atoms with Gasteiger partial charge in [0.2, 0.25) is 0 Å². The Kier molecular flexibility index (Phi) is 4.35. The maximum absolute atomic E-state index is 12.8. The highest BCUT2D eigenvalue weighted by atomic mass is 16.3. The smallest absolute Gasteiger partial charge is 0.255 e. The van der Waals surface area contributed by atoms with Crippen molar-refractivity contribution in [2.24, 2.45) is 0 Å². The quantitative estimate of drug-likeness (QED) is 0.596. The molecule has 26 heavy (non-hydrogen) atoms. The van der Waals surface area contributed by atoms with Crippen molar-refractivity contribution in [1.29, 1.82) is 0 Å². The molecule has 1 atom stereocenters. The van der Waals surface area contributed by atoms with Gasteiger partial charge >= 0.3 is 0 Å². The Hall–Kier alpha value is -3.60. The van der Waals surface area contributed by atoms with Crippen LogP contribution >= 0.6 is 0 Å². The van der Waals surface area contributed by atoms with E-state index in [2.05, 4.69) is 10.4 Å². The lowest BCUT2D eigenvalue weighted by Gasteiger charge is -2.16. The SMILES string of the molecule is O=C(NC(c1ccccc1)c1ccco1)c1cnn(-c2ccccc2)c1. The predicted molar refractivity (Wildman–Crippen MR) is 98.0 cm³/mol. The van der Waals surface area contributed by atoms with Crippen LogP contribution in [0, 0.1) is 0 Å². The summed E-state index contributed by atoms with van der Waals surface area (Å²) in [4.78, 5) is 12.8. The van der Waals surface area contributed by atoms with Crippen LogP contribution in [0.2, 0.25) is 0 Å². The Labute approximate surface area is 150 Å². The fourth-order valence-corrected chi connectivity index (χ4v) is 2.80. The summed E-state index contributed by atoms with van der Waals surface area (Å²) in [7, 11) is 0. The molecule has 0 aliphatic rings. The van der Waals surface area contributed by atoms with E-state index < -0.39 is 0 Å². The van der Waals surface area contributed by atoms with Crippen molar-refractivity contribution < 1.29 is 9.21 Å². The number of amides is 1. The van der Waals surface area contributed by atoms with E-state index in [0.717, 1.165) is 11.3 Å². The molecule has 2 heterocycles. The van der Waals surface area contributed by atoms with Gasteiger partial charge in [-0.25, -0.2) is 4.68 Å². The number of hydrogen-bond acceptors (Lipinski definition) is 3. The van der Waals surface area contributed by atoms with E-state index in [1.54, 1.807) is 23.3 Å². The summed E-state index contributed by atoms with van der Waals surface area (Å²) in [5, 5.41) is 7.31. The zero-order valence-electron chi connectivity index (χ0n) is 13.9. The van der Waals surface area contributed by atoms with Gasteiger partial charge < -0.3 is 9.73 Å². The summed E-state index contributed by atoms with van der Waals surface area (Å²) in [5.41, 5.74) is 2.34. The Bertz CT molecular complexity index is 977. The second kappa shape index (κ2) is 7.11. The number of carbonyl (C=O) groups excluding carboxylic acids is 1. The number of para-hydroxylation sites is 1. The van der Waals surface area contributed by atoms with Gasteiger partial charge in [-0.1, -0.05) is 48.5 Å². The van der Waals surface area contributed by atoms with Gasteiger partial charge in [-0.3, -0.25) is 4.79 Å². The highest BCUT2D eigenvalue weighted by molar-refractivity contribution is 5.94. The first-order chi connectivity index (χ1) is 12.8. The standard InChI is InChI=1S/C21H17N3O2/c25-21(17-14-22-24(15-17)18-10-5-2-6-11-18)23-20(19-12-7-13-26-19)16-8-3-1-4-9-16/h1-15,20H,(H,23,25). The van der Waals surface area contributed by atoms with Crippen LogP contribution in [-0.4, -0.2) is 15.7 Å². The van der Waals surface area contributed by atoms with Crippen molar-refractivity contribution >= 4 is 5.91 Å². The average Bonchev–Trinajstić information content (AvgIpc) is 3.39. The first-order valence-corrected chi connectivity index (χ1v) is 8.30. The molecular formula is C21H17N3O2. The van der Waals surface area contributed by atoms with Crippen molar-refractivity contribution in [3.05, 3.63) is 108 Å². The summed E-state index contributed by atoms with van der Waals surface area (Å²) in [6.45, 7) is 0. The maximum atomic E-state index is 12.8. The van der Waals surface area contributed by atoms with Crippen molar-refractivity contribution in [3.63, 3.8) is 0 Å². The molecule has 0 fully saturated rings. The Balaban J connectivity index is 1.59. The van der Waals surface area contributed by atoms with Crippen LogP contribution in [0.1, 0.15) is 27.7 Å². The summed E-state index contributed by atoms with van der Waals surface area (Å²) in [6.07, 6.45) is 4.88. The number of aromatic nitrogens is 2. The van der Waals surface area contributed by atoms with Gasteiger partial charge in [0.15, 0.2) is 0 Å². The van der Waals surface area contributed by atoms with Gasteiger partial charge in [-0.05, 0) is 29.8 Å². The summed E-state index contributed by atoms with van der Waals surface area (Å²) in [6, 6.07) is 22.7. The molecule has 0 radical (unpaired) electrons. The average molecular weight is 343 g/mol. The topological polar surface area (TPSA) is 60.1 Å². The molecule has 1 unspecified atom stereocenters. The summed E-state index contributed by atoms with van der Waals surface area (Å²) in [5.74, 6) is 0.470. The monoisotopic (exact) mass is 343 g/mol. The lowest BCUT2D eigenvalue weighted by atomic mass is 10.0. The molecule has 0 aliphatic carbocycles. The highest BCUT2D eigenvalue weighted by Crippen LogP contribution is 2.23. The largest absolute Gasteiger partial charge is 0.467 e. The number of rotatable bonds is 5. The molecule has 0 bridgehead atoms. The van der Waals surface area contributed by atoms with Gasteiger partial charge in [-0.15, -0.1) is 0 Å². The molecule has 4 aromatic rings. The molecular weight excluding hydrogens is 326 g/mol. The van der Waals surface area contributed by atoms with Crippen LogP contribution in [0.3, 0.4) is 0 Å². The third-order valence-corrected chi connectivity index (χ3v) is 4.10. The van der Waals surface area contributed by atoms with E-state index in [4.69, 9.17) is 4.42 Å². The molecule has 2 aromatic heterocycles. The molecule has 0 aliphatic heterocycles. The molecule has 2 aromatic carbocycles. The number of hydrogen-bond donors (Lipinski definition) is 1. The molecule has 1 N–H and O–H groups in total. The molecule has 1 amide bonds. The van der Waals surface area contributed by atoms with Gasteiger partial charge in [-0.2, -0.15) is 5.10 Å². The third-order valence-electron chi connectivity index (χ3n) is 4.10. The van der Waals surface area contributed by atoms with Crippen LogP contribution in [0.15, 0.2) is 95.9 Å². The van der Waals surface area contributed by atoms with Crippen LogP contribution < -0.4 is 5.32 Å². The minimum atomic E-state index is -0.362. The van der Waals surface area contributed by atoms with Crippen LogP contribution in [-0.2, 0) is 0 Å². The van der Waals surface area contributed by atoms with Crippen LogP contribution in [0.4, 0.5) is 0 Å².